The molecule has 0 amide bonds. The average molecular weight is 302 g/mol. The number of hydrogen-bond donors (Lipinski definition) is 0. The lowest BCUT2D eigenvalue weighted by Gasteiger charge is -2.14. The molecule has 0 heterocycles. The molecule has 1 atom stereocenters. The van der Waals surface area contributed by atoms with Crippen LogP contribution >= 0.6 is 11.6 Å². The van der Waals surface area contributed by atoms with Gasteiger partial charge in [0, 0.05) is 17.2 Å². The van der Waals surface area contributed by atoms with Gasteiger partial charge in [-0.3, -0.25) is 0 Å². The van der Waals surface area contributed by atoms with Gasteiger partial charge in [0.05, 0.1) is 11.9 Å². The molecule has 5 heteroatoms. The van der Waals surface area contributed by atoms with Gasteiger partial charge in [-0.15, -0.1) is 0 Å². The molecule has 0 fully saturated rings. The van der Waals surface area contributed by atoms with Crippen LogP contribution in [0.3, 0.4) is 0 Å². The first-order valence-electron chi connectivity index (χ1n) is 6.02. The van der Waals surface area contributed by atoms with Crippen LogP contribution in [0.1, 0.15) is 33.3 Å². The van der Waals surface area contributed by atoms with E-state index in [0.29, 0.717) is 11.4 Å². The molecule has 0 saturated heterocycles. The van der Waals surface area contributed by atoms with Gasteiger partial charge >= 0.3 is 0 Å². The van der Waals surface area contributed by atoms with Crippen LogP contribution in [0.4, 0.5) is 0 Å². The van der Waals surface area contributed by atoms with Gasteiger partial charge in [0.2, 0.25) is 0 Å². The summed E-state index contributed by atoms with van der Waals surface area (Å²) in [6.45, 7) is 7.59. The normalized spacial score (nSPS) is 14.3. The minimum atomic E-state index is -1.23. The van der Waals surface area contributed by atoms with Crippen molar-refractivity contribution in [2.24, 2.45) is 4.40 Å². The van der Waals surface area contributed by atoms with Crippen LogP contribution in [0.25, 0.3) is 0 Å². The molecule has 1 rings (SSSR count). The summed E-state index contributed by atoms with van der Waals surface area (Å²) in [5, 5.41) is 0.633. The molecule has 0 radical (unpaired) electrons. The van der Waals surface area contributed by atoms with Crippen LogP contribution in [0.5, 0.6) is 5.75 Å². The van der Waals surface area contributed by atoms with E-state index in [1.54, 1.807) is 13.2 Å². The lowest BCUT2D eigenvalue weighted by molar-refractivity contribution is 0.411. The summed E-state index contributed by atoms with van der Waals surface area (Å²) in [5.41, 5.74) is 1.80. The zero-order chi connectivity index (χ0) is 14.6. The van der Waals surface area contributed by atoms with E-state index in [1.165, 1.54) is 0 Å². The molecule has 106 valence electrons. The van der Waals surface area contributed by atoms with E-state index in [0.717, 1.165) is 17.0 Å². The Morgan fingerprint density at radius 3 is 2.58 bits per heavy atom. The van der Waals surface area contributed by atoms with Crippen molar-refractivity contribution < 1.29 is 8.95 Å². The van der Waals surface area contributed by atoms with Crippen molar-refractivity contribution in [3.05, 3.63) is 28.8 Å². The van der Waals surface area contributed by atoms with E-state index >= 15 is 0 Å². The smallest absolute Gasteiger partial charge is 0.144 e. The van der Waals surface area contributed by atoms with E-state index in [9.17, 15) is 4.21 Å². The van der Waals surface area contributed by atoms with E-state index in [-0.39, 0.29) is 4.75 Å². The summed E-state index contributed by atoms with van der Waals surface area (Å²) in [4.78, 5) is 0. The van der Waals surface area contributed by atoms with Gasteiger partial charge in [0.25, 0.3) is 0 Å². The van der Waals surface area contributed by atoms with E-state index in [2.05, 4.69) is 4.40 Å². The number of ether oxygens (including phenoxy) is 1. The summed E-state index contributed by atoms with van der Waals surface area (Å²) in [5.74, 6) is 0.726. The van der Waals surface area contributed by atoms with Gasteiger partial charge in [-0.1, -0.05) is 17.7 Å². The fourth-order valence-corrected chi connectivity index (χ4v) is 2.23. The molecule has 0 aromatic heterocycles. The van der Waals surface area contributed by atoms with Crippen molar-refractivity contribution in [1.82, 2.24) is 0 Å². The highest BCUT2D eigenvalue weighted by atomic mass is 35.5. The zero-order valence-corrected chi connectivity index (χ0v) is 13.6. The number of halogens is 1. The van der Waals surface area contributed by atoms with E-state index in [1.807, 2.05) is 39.8 Å². The van der Waals surface area contributed by atoms with Crippen molar-refractivity contribution in [2.75, 3.05) is 7.11 Å². The SMILES string of the molecule is COc1cc(Cl)ccc1C/C(C)=N\[S@@](=O)C(C)(C)C. The molecule has 0 N–H and O–H groups in total. The topological polar surface area (TPSA) is 38.7 Å². The van der Waals surface area contributed by atoms with E-state index in [4.69, 9.17) is 16.3 Å². The lowest BCUT2D eigenvalue weighted by Crippen LogP contribution is -2.20. The predicted molar refractivity (Wildman–Crippen MR) is 82.7 cm³/mol. The minimum absolute atomic E-state index is 0.342. The number of hydrogen-bond acceptors (Lipinski definition) is 2. The fraction of sp³-hybridized carbons (Fsp3) is 0.500. The Bertz CT molecular complexity index is 507. The van der Waals surface area contributed by atoms with Gasteiger partial charge in [-0.25, -0.2) is 4.21 Å². The molecule has 0 aliphatic rings. The zero-order valence-electron chi connectivity index (χ0n) is 12.0. The first-order chi connectivity index (χ1) is 8.74. The second-order valence-electron chi connectivity index (χ2n) is 5.32. The highest BCUT2D eigenvalue weighted by Crippen LogP contribution is 2.24. The maximum atomic E-state index is 11.9. The summed E-state index contributed by atoms with van der Waals surface area (Å²) in [6.07, 6.45) is 0.599. The Kier molecular flexibility index (Phi) is 5.56. The molecular weight excluding hydrogens is 282 g/mol. The first-order valence-corrected chi connectivity index (χ1v) is 7.51. The van der Waals surface area contributed by atoms with Crippen LogP contribution in [-0.4, -0.2) is 21.8 Å². The molecule has 1 aromatic rings. The number of methoxy groups -OCH3 is 1. The standard InChI is InChI=1S/C14H20ClNO2S/c1-10(16-19(17)14(2,3)4)8-11-6-7-12(15)9-13(11)18-5/h6-7,9H,8H2,1-5H3/b16-10-/t19-/m0/s1. The Balaban J connectivity index is 2.91. The van der Waals surface area contributed by atoms with Crippen molar-refractivity contribution in [3.8, 4) is 5.75 Å². The largest absolute Gasteiger partial charge is 0.496 e. The Hall–Kier alpha value is -0.870. The van der Waals surface area contributed by atoms with Crippen LogP contribution in [0.15, 0.2) is 22.6 Å². The molecule has 0 aliphatic carbocycles. The molecule has 0 bridgehead atoms. The van der Waals surface area contributed by atoms with Crippen LogP contribution in [0, 0.1) is 0 Å². The maximum Gasteiger partial charge on any atom is 0.144 e. The van der Waals surface area contributed by atoms with Crippen molar-refractivity contribution >= 4 is 28.3 Å². The molecule has 0 aliphatic heterocycles. The Labute approximate surface area is 122 Å². The highest BCUT2D eigenvalue weighted by Gasteiger charge is 2.19. The molecule has 0 saturated carbocycles. The van der Waals surface area contributed by atoms with Crippen LogP contribution < -0.4 is 4.74 Å². The third-order valence-corrected chi connectivity index (χ3v) is 4.22. The molecule has 0 spiro atoms. The first kappa shape index (κ1) is 16.2. The summed E-state index contributed by atoms with van der Waals surface area (Å²) in [7, 11) is 0.373. The number of nitrogens with zero attached hydrogens (tertiary/aromatic N) is 1. The number of rotatable bonds is 4. The summed E-state index contributed by atoms with van der Waals surface area (Å²) < 4.78 is 21.1. The lowest BCUT2D eigenvalue weighted by atomic mass is 10.1. The van der Waals surface area contributed by atoms with Crippen LogP contribution in [-0.2, 0) is 17.4 Å². The third kappa shape index (κ3) is 4.96. The third-order valence-electron chi connectivity index (χ3n) is 2.46. The van der Waals surface area contributed by atoms with Crippen molar-refractivity contribution in [1.29, 1.82) is 0 Å². The second-order valence-corrected chi connectivity index (χ2v) is 7.66. The van der Waals surface area contributed by atoms with Gasteiger partial charge in [-0.05, 0) is 45.4 Å². The Morgan fingerprint density at radius 2 is 2.05 bits per heavy atom. The van der Waals surface area contributed by atoms with Gasteiger partial charge < -0.3 is 4.74 Å². The van der Waals surface area contributed by atoms with Crippen LogP contribution in [0.2, 0.25) is 5.02 Å². The van der Waals surface area contributed by atoms with E-state index < -0.39 is 11.0 Å². The van der Waals surface area contributed by atoms with Gasteiger partial charge in [0.15, 0.2) is 0 Å². The summed E-state index contributed by atoms with van der Waals surface area (Å²) >= 11 is 5.92. The van der Waals surface area contributed by atoms with Gasteiger partial charge in [-0.2, -0.15) is 4.40 Å². The quantitative estimate of drug-likeness (QED) is 0.793. The second kappa shape index (κ2) is 6.53. The van der Waals surface area contributed by atoms with Crippen molar-refractivity contribution in [2.45, 2.75) is 38.9 Å². The molecule has 1 aromatic carbocycles. The molecule has 19 heavy (non-hydrogen) atoms. The van der Waals surface area contributed by atoms with Crippen molar-refractivity contribution in [3.63, 3.8) is 0 Å². The average Bonchev–Trinajstić information content (AvgIpc) is 2.30. The number of benzene rings is 1. The minimum Gasteiger partial charge on any atom is -0.496 e. The highest BCUT2D eigenvalue weighted by molar-refractivity contribution is 7.85. The predicted octanol–water partition coefficient (Wildman–Crippen LogP) is 3.81. The van der Waals surface area contributed by atoms with Gasteiger partial charge in [0.1, 0.15) is 16.7 Å². The fourth-order valence-electron chi connectivity index (χ4n) is 1.45. The molecule has 0 unspecified atom stereocenters. The molecular formula is C14H20ClNO2S. The Morgan fingerprint density at radius 1 is 1.42 bits per heavy atom. The monoisotopic (exact) mass is 301 g/mol. The molecule has 3 nitrogen and oxygen atoms in total. The maximum absolute atomic E-state index is 11.9. The summed E-state index contributed by atoms with van der Waals surface area (Å²) in [6, 6.07) is 5.48.